The summed E-state index contributed by atoms with van der Waals surface area (Å²) in [6.45, 7) is 0. The minimum atomic E-state index is -0.0812. The molecule has 0 saturated heterocycles. The summed E-state index contributed by atoms with van der Waals surface area (Å²) in [6.07, 6.45) is 4.54. The van der Waals surface area contributed by atoms with E-state index in [-0.39, 0.29) is 11.9 Å². The number of benzene rings is 1. The molecular formula is C15H20Cl2N2O. The van der Waals surface area contributed by atoms with Crippen molar-refractivity contribution in [2.75, 3.05) is 14.1 Å². The second kappa shape index (κ2) is 6.79. The largest absolute Gasteiger partial charge is 0.348 e. The lowest BCUT2D eigenvalue weighted by atomic mass is 9.89. The third-order valence-electron chi connectivity index (χ3n) is 3.89. The Hall–Kier alpha value is -0.770. The molecule has 1 aliphatic rings. The molecule has 1 fully saturated rings. The summed E-state index contributed by atoms with van der Waals surface area (Å²) in [7, 11) is 4.13. The van der Waals surface area contributed by atoms with Crippen molar-refractivity contribution in [3.63, 3.8) is 0 Å². The highest BCUT2D eigenvalue weighted by Crippen LogP contribution is 2.24. The molecule has 2 atom stereocenters. The monoisotopic (exact) mass is 314 g/mol. The van der Waals surface area contributed by atoms with Gasteiger partial charge in [0.2, 0.25) is 0 Å². The molecule has 20 heavy (non-hydrogen) atoms. The van der Waals surface area contributed by atoms with Crippen molar-refractivity contribution in [1.82, 2.24) is 10.2 Å². The molecule has 0 aliphatic heterocycles. The van der Waals surface area contributed by atoms with E-state index in [2.05, 4.69) is 24.3 Å². The van der Waals surface area contributed by atoms with E-state index < -0.39 is 0 Å². The average Bonchev–Trinajstić information content (AvgIpc) is 2.42. The Balaban J connectivity index is 2.07. The second-order valence-electron chi connectivity index (χ2n) is 5.52. The molecule has 1 aromatic carbocycles. The summed E-state index contributed by atoms with van der Waals surface area (Å²) >= 11 is 11.8. The third-order valence-corrected chi connectivity index (χ3v) is 4.63. The highest BCUT2D eigenvalue weighted by Gasteiger charge is 2.28. The van der Waals surface area contributed by atoms with E-state index >= 15 is 0 Å². The first-order chi connectivity index (χ1) is 9.49. The molecule has 0 aromatic heterocycles. The molecule has 0 bridgehead atoms. The van der Waals surface area contributed by atoms with Gasteiger partial charge in [0.15, 0.2) is 0 Å². The summed E-state index contributed by atoms with van der Waals surface area (Å²) in [4.78, 5) is 14.5. The van der Waals surface area contributed by atoms with Gasteiger partial charge >= 0.3 is 0 Å². The van der Waals surface area contributed by atoms with E-state index in [9.17, 15) is 4.79 Å². The van der Waals surface area contributed by atoms with Crippen molar-refractivity contribution >= 4 is 29.1 Å². The fourth-order valence-corrected chi connectivity index (χ4v) is 3.08. The lowest BCUT2D eigenvalue weighted by Crippen LogP contribution is -2.51. The highest BCUT2D eigenvalue weighted by atomic mass is 35.5. The summed E-state index contributed by atoms with van der Waals surface area (Å²) in [6, 6.07) is 5.57. The fourth-order valence-electron chi connectivity index (χ4n) is 2.79. The summed E-state index contributed by atoms with van der Waals surface area (Å²) in [5.74, 6) is -0.0812. The minimum Gasteiger partial charge on any atom is -0.348 e. The van der Waals surface area contributed by atoms with E-state index in [4.69, 9.17) is 23.2 Å². The average molecular weight is 315 g/mol. The lowest BCUT2D eigenvalue weighted by Gasteiger charge is -2.36. The van der Waals surface area contributed by atoms with Gasteiger partial charge in [0.25, 0.3) is 5.91 Å². The van der Waals surface area contributed by atoms with Gasteiger partial charge in [0.1, 0.15) is 0 Å². The zero-order chi connectivity index (χ0) is 14.7. The van der Waals surface area contributed by atoms with Crippen LogP contribution in [0.1, 0.15) is 36.0 Å². The van der Waals surface area contributed by atoms with E-state index in [1.54, 1.807) is 18.2 Å². The zero-order valence-corrected chi connectivity index (χ0v) is 13.3. The van der Waals surface area contributed by atoms with Crippen LogP contribution in [0.4, 0.5) is 0 Å². The molecule has 110 valence electrons. The Morgan fingerprint density at radius 2 is 1.90 bits per heavy atom. The van der Waals surface area contributed by atoms with Crippen molar-refractivity contribution in [1.29, 1.82) is 0 Å². The smallest absolute Gasteiger partial charge is 0.251 e. The molecule has 2 rings (SSSR count). The third kappa shape index (κ3) is 3.66. The van der Waals surface area contributed by atoms with Crippen LogP contribution in [0.5, 0.6) is 0 Å². The molecule has 1 aliphatic carbocycles. The van der Waals surface area contributed by atoms with Gasteiger partial charge in [0, 0.05) is 17.6 Å². The summed E-state index contributed by atoms with van der Waals surface area (Å²) in [5.41, 5.74) is 0.558. The maximum atomic E-state index is 12.3. The predicted molar refractivity (Wildman–Crippen MR) is 83.7 cm³/mol. The number of hydrogen-bond acceptors (Lipinski definition) is 2. The number of rotatable bonds is 3. The van der Waals surface area contributed by atoms with Gasteiger partial charge in [-0.1, -0.05) is 36.0 Å². The van der Waals surface area contributed by atoms with Gasteiger partial charge in [0.05, 0.1) is 10.0 Å². The first kappa shape index (κ1) is 15.6. The van der Waals surface area contributed by atoms with Crippen LogP contribution in [0.3, 0.4) is 0 Å². The zero-order valence-electron chi connectivity index (χ0n) is 11.8. The number of nitrogens with one attached hydrogen (secondary N) is 1. The van der Waals surface area contributed by atoms with E-state index in [0.717, 1.165) is 19.3 Å². The second-order valence-corrected chi connectivity index (χ2v) is 6.34. The number of likely N-dealkylation sites (N-methyl/N-ethyl adjacent to an activating group) is 1. The van der Waals surface area contributed by atoms with Gasteiger partial charge in [-0.2, -0.15) is 0 Å². The van der Waals surface area contributed by atoms with Crippen molar-refractivity contribution in [2.45, 2.75) is 37.8 Å². The Kier molecular flexibility index (Phi) is 5.30. The summed E-state index contributed by atoms with van der Waals surface area (Å²) in [5, 5.41) is 4.01. The molecular weight excluding hydrogens is 295 g/mol. The molecule has 2 unspecified atom stereocenters. The molecule has 5 heteroatoms. The lowest BCUT2D eigenvalue weighted by molar-refractivity contribution is 0.0883. The number of halogens is 2. The number of hydrogen-bond donors (Lipinski definition) is 1. The fraction of sp³-hybridized carbons (Fsp3) is 0.533. The molecule has 3 nitrogen and oxygen atoms in total. The van der Waals surface area contributed by atoms with Crippen LogP contribution < -0.4 is 5.32 Å². The van der Waals surface area contributed by atoms with E-state index in [0.29, 0.717) is 21.7 Å². The Morgan fingerprint density at radius 1 is 1.20 bits per heavy atom. The van der Waals surface area contributed by atoms with Crippen LogP contribution in [0, 0.1) is 0 Å². The van der Waals surface area contributed by atoms with E-state index in [1.807, 2.05) is 0 Å². The Labute approximate surface area is 130 Å². The normalized spacial score (nSPS) is 22.9. The highest BCUT2D eigenvalue weighted by molar-refractivity contribution is 6.42. The van der Waals surface area contributed by atoms with Gasteiger partial charge < -0.3 is 10.2 Å². The number of carbonyl (C=O) groups excluding carboxylic acids is 1. The number of carbonyl (C=O) groups is 1. The standard InChI is InChI=1S/C15H20Cl2N2O/c1-19(2)14-6-4-3-5-13(14)18-15(20)10-7-8-11(16)12(17)9-10/h7-9,13-14H,3-6H2,1-2H3,(H,18,20). The summed E-state index contributed by atoms with van der Waals surface area (Å²) < 4.78 is 0. The van der Waals surface area contributed by atoms with Crippen LogP contribution in [0.2, 0.25) is 10.0 Å². The van der Waals surface area contributed by atoms with Crippen molar-refractivity contribution in [3.05, 3.63) is 33.8 Å². The molecule has 1 saturated carbocycles. The van der Waals surface area contributed by atoms with Crippen LogP contribution in [0.25, 0.3) is 0 Å². The SMILES string of the molecule is CN(C)C1CCCCC1NC(=O)c1ccc(Cl)c(Cl)c1. The van der Waals surface area contributed by atoms with Gasteiger partial charge in [-0.05, 0) is 45.1 Å². The van der Waals surface area contributed by atoms with Gasteiger partial charge in [-0.15, -0.1) is 0 Å². The predicted octanol–water partition coefficient (Wildman–Crippen LogP) is 3.60. The first-order valence-electron chi connectivity index (χ1n) is 6.91. The molecule has 0 radical (unpaired) electrons. The Bertz CT molecular complexity index is 491. The molecule has 0 heterocycles. The maximum absolute atomic E-state index is 12.3. The Morgan fingerprint density at radius 3 is 2.55 bits per heavy atom. The molecule has 1 aromatic rings. The van der Waals surface area contributed by atoms with Crippen molar-refractivity contribution in [2.24, 2.45) is 0 Å². The van der Waals surface area contributed by atoms with Crippen LogP contribution in [0.15, 0.2) is 18.2 Å². The van der Waals surface area contributed by atoms with Gasteiger partial charge in [-0.3, -0.25) is 4.79 Å². The molecule has 1 amide bonds. The molecule has 0 spiro atoms. The number of amides is 1. The number of nitrogens with zero attached hydrogens (tertiary/aromatic N) is 1. The van der Waals surface area contributed by atoms with Crippen LogP contribution in [-0.4, -0.2) is 37.0 Å². The topological polar surface area (TPSA) is 32.3 Å². The van der Waals surface area contributed by atoms with Gasteiger partial charge in [-0.25, -0.2) is 0 Å². The maximum Gasteiger partial charge on any atom is 0.251 e. The molecule has 1 N–H and O–H groups in total. The first-order valence-corrected chi connectivity index (χ1v) is 7.67. The minimum absolute atomic E-state index is 0.0812. The van der Waals surface area contributed by atoms with Crippen LogP contribution in [-0.2, 0) is 0 Å². The van der Waals surface area contributed by atoms with E-state index in [1.165, 1.54) is 6.42 Å². The quantitative estimate of drug-likeness (QED) is 0.924. The van der Waals surface area contributed by atoms with Crippen LogP contribution >= 0.6 is 23.2 Å². The van der Waals surface area contributed by atoms with Crippen molar-refractivity contribution in [3.8, 4) is 0 Å². The van der Waals surface area contributed by atoms with Crippen molar-refractivity contribution < 1.29 is 4.79 Å².